The lowest BCUT2D eigenvalue weighted by Crippen LogP contribution is -2.25. The minimum atomic E-state index is -0.833. The molecule has 4 N–H and O–H groups in total. The number of fused-ring (bicyclic) bond motifs is 3. The normalized spacial score (nSPS) is 12.3. The van der Waals surface area contributed by atoms with Gasteiger partial charge >= 0.3 is 0 Å². The van der Waals surface area contributed by atoms with Crippen LogP contribution in [0, 0.1) is 0 Å². The van der Waals surface area contributed by atoms with Gasteiger partial charge < -0.3 is 25.3 Å². The summed E-state index contributed by atoms with van der Waals surface area (Å²) in [5, 5.41) is 8.39. The molecule has 0 aliphatic carbocycles. The Labute approximate surface area is 224 Å². The zero-order valence-electron chi connectivity index (χ0n) is 21.8. The van der Waals surface area contributed by atoms with Crippen molar-refractivity contribution in [2.75, 3.05) is 11.4 Å². The topological polar surface area (TPSA) is 134 Å². The van der Waals surface area contributed by atoms with Gasteiger partial charge in [0.15, 0.2) is 0 Å². The minimum absolute atomic E-state index is 0.000152. The highest BCUT2D eigenvalue weighted by molar-refractivity contribution is 5.98. The predicted molar refractivity (Wildman–Crippen MR) is 152 cm³/mol. The number of para-hydroxylation sites is 1. The van der Waals surface area contributed by atoms with Crippen molar-refractivity contribution < 1.29 is 14.7 Å². The highest BCUT2D eigenvalue weighted by atomic mass is 16.4. The maximum Gasteiger partial charge on any atom is 0.300 e. The molecule has 0 saturated carbocycles. The number of benzene rings is 3. The molecule has 0 spiro atoms. The van der Waals surface area contributed by atoms with E-state index in [0.29, 0.717) is 30.8 Å². The molecule has 3 heterocycles. The van der Waals surface area contributed by atoms with Gasteiger partial charge in [-0.25, -0.2) is 4.98 Å². The summed E-state index contributed by atoms with van der Waals surface area (Å²) in [5.74, 6) is -0.833. The first-order valence-electron chi connectivity index (χ1n) is 12.7. The van der Waals surface area contributed by atoms with Gasteiger partial charge in [-0.2, -0.15) is 0 Å². The van der Waals surface area contributed by atoms with Gasteiger partial charge in [-0.15, -0.1) is 0 Å². The number of anilines is 1. The molecule has 9 nitrogen and oxygen atoms in total. The van der Waals surface area contributed by atoms with Crippen molar-refractivity contribution in [3.63, 3.8) is 0 Å². The first-order valence-corrected chi connectivity index (χ1v) is 12.7. The molecule has 0 fully saturated rings. The quantitative estimate of drug-likeness (QED) is 0.325. The lowest BCUT2D eigenvalue weighted by molar-refractivity contribution is -0.134. The molecule has 2 aromatic heterocycles. The van der Waals surface area contributed by atoms with Crippen LogP contribution < -0.4 is 16.2 Å². The van der Waals surface area contributed by atoms with Crippen molar-refractivity contribution in [3.8, 4) is 11.3 Å². The van der Waals surface area contributed by atoms with Crippen LogP contribution in [0.4, 0.5) is 5.69 Å². The third kappa shape index (κ3) is 5.17. The Morgan fingerprint density at radius 1 is 1.05 bits per heavy atom. The molecule has 0 radical (unpaired) electrons. The number of carboxylic acids is 1. The molecular formula is C30H29N5O4. The van der Waals surface area contributed by atoms with E-state index in [1.807, 2.05) is 48.7 Å². The van der Waals surface area contributed by atoms with Gasteiger partial charge in [0.25, 0.3) is 11.5 Å². The largest absolute Gasteiger partial charge is 0.481 e. The third-order valence-corrected chi connectivity index (χ3v) is 6.79. The van der Waals surface area contributed by atoms with Gasteiger partial charge in [-0.3, -0.25) is 14.4 Å². The van der Waals surface area contributed by atoms with E-state index in [1.54, 1.807) is 11.8 Å². The smallest absolute Gasteiger partial charge is 0.300 e. The lowest BCUT2D eigenvalue weighted by Gasteiger charge is -2.15. The van der Waals surface area contributed by atoms with E-state index in [4.69, 9.17) is 20.6 Å². The molecule has 0 saturated heterocycles. The average Bonchev–Trinajstić information content (AvgIpc) is 3.48. The van der Waals surface area contributed by atoms with Crippen molar-refractivity contribution in [2.45, 2.75) is 33.4 Å². The van der Waals surface area contributed by atoms with Crippen molar-refractivity contribution in [3.05, 3.63) is 93.9 Å². The monoisotopic (exact) mass is 523 g/mol. The lowest BCUT2D eigenvalue weighted by atomic mass is 10.1. The summed E-state index contributed by atoms with van der Waals surface area (Å²) in [6.45, 7) is 4.45. The summed E-state index contributed by atoms with van der Waals surface area (Å²) in [4.78, 5) is 43.8. The number of hydrogen-bond donors (Lipinski definition) is 3. The molecule has 1 aliphatic heterocycles. The second-order valence-corrected chi connectivity index (χ2v) is 9.56. The second kappa shape index (κ2) is 10.5. The van der Waals surface area contributed by atoms with E-state index in [0.717, 1.165) is 57.7 Å². The number of amides is 1. The van der Waals surface area contributed by atoms with Crippen LogP contribution in [0.1, 0.15) is 30.5 Å². The second-order valence-electron chi connectivity index (χ2n) is 9.56. The molecule has 6 rings (SSSR count). The van der Waals surface area contributed by atoms with Crippen molar-refractivity contribution in [2.24, 2.45) is 5.73 Å². The van der Waals surface area contributed by atoms with E-state index in [1.165, 1.54) is 0 Å². The zero-order valence-corrected chi connectivity index (χ0v) is 21.8. The first-order chi connectivity index (χ1) is 18.7. The van der Waals surface area contributed by atoms with Crippen molar-refractivity contribution in [1.82, 2.24) is 14.5 Å². The number of H-pyrrole nitrogens is 1. The van der Waals surface area contributed by atoms with Gasteiger partial charge in [0, 0.05) is 61.8 Å². The van der Waals surface area contributed by atoms with E-state index < -0.39 is 5.97 Å². The Bertz CT molecular complexity index is 1780. The molecule has 198 valence electrons. The van der Waals surface area contributed by atoms with Crippen LogP contribution in [0.2, 0.25) is 0 Å². The van der Waals surface area contributed by atoms with E-state index in [2.05, 4.69) is 27.8 Å². The number of aliphatic carboxylic acids is 1. The van der Waals surface area contributed by atoms with Gasteiger partial charge in [-0.05, 0) is 41.3 Å². The summed E-state index contributed by atoms with van der Waals surface area (Å²) < 4.78 is 2.15. The number of nitrogens with zero attached hydrogens (tertiary/aromatic N) is 3. The van der Waals surface area contributed by atoms with Crippen LogP contribution in [0.5, 0.6) is 0 Å². The Morgan fingerprint density at radius 2 is 1.79 bits per heavy atom. The maximum atomic E-state index is 13.2. The average molecular weight is 524 g/mol. The number of nitrogens with one attached hydrogen (secondary N) is 1. The van der Waals surface area contributed by atoms with Gasteiger partial charge in [0.1, 0.15) is 5.69 Å². The van der Waals surface area contributed by atoms with Gasteiger partial charge in [-0.1, -0.05) is 42.5 Å². The number of aromatic nitrogens is 3. The molecule has 0 atom stereocenters. The van der Waals surface area contributed by atoms with Crippen molar-refractivity contribution in [1.29, 1.82) is 0 Å². The summed E-state index contributed by atoms with van der Waals surface area (Å²) >= 11 is 0. The Morgan fingerprint density at radius 3 is 2.54 bits per heavy atom. The summed E-state index contributed by atoms with van der Waals surface area (Å²) in [6, 6.07) is 20.2. The summed E-state index contributed by atoms with van der Waals surface area (Å²) in [5.41, 5.74) is 13.3. The molecule has 0 bridgehead atoms. The SMILES string of the molecule is CC(=O)N1CCc2cc3nc(-c4cn(Cc5cccc(CN)c5)c5ccccc45)c(=O)[nH]c3cc21.CC(=O)O. The highest BCUT2D eigenvalue weighted by Gasteiger charge is 2.24. The van der Waals surface area contributed by atoms with E-state index in [9.17, 15) is 9.59 Å². The summed E-state index contributed by atoms with van der Waals surface area (Å²) in [7, 11) is 0. The summed E-state index contributed by atoms with van der Waals surface area (Å²) in [6.07, 6.45) is 2.79. The fourth-order valence-corrected chi connectivity index (χ4v) is 5.10. The highest BCUT2D eigenvalue weighted by Crippen LogP contribution is 2.33. The van der Waals surface area contributed by atoms with Gasteiger partial charge in [0.05, 0.1) is 11.0 Å². The van der Waals surface area contributed by atoms with Crippen LogP contribution in [0.25, 0.3) is 33.2 Å². The number of rotatable bonds is 4. The molecule has 0 unspecified atom stereocenters. The van der Waals surface area contributed by atoms with E-state index >= 15 is 0 Å². The Hall–Kier alpha value is -4.76. The van der Waals surface area contributed by atoms with Crippen LogP contribution in [0.15, 0.2) is 71.7 Å². The molecule has 3 aromatic carbocycles. The van der Waals surface area contributed by atoms with E-state index in [-0.39, 0.29) is 11.5 Å². The van der Waals surface area contributed by atoms with Crippen molar-refractivity contribution >= 4 is 39.5 Å². The molecule has 1 amide bonds. The first kappa shape index (κ1) is 25.9. The Balaban J connectivity index is 0.000000723. The number of carbonyl (C=O) groups is 2. The minimum Gasteiger partial charge on any atom is -0.481 e. The third-order valence-electron chi connectivity index (χ3n) is 6.79. The molecule has 1 aliphatic rings. The molecule has 9 heteroatoms. The fourth-order valence-electron chi connectivity index (χ4n) is 5.10. The van der Waals surface area contributed by atoms with Crippen LogP contribution in [-0.2, 0) is 29.1 Å². The number of nitrogens with two attached hydrogens (primary N) is 1. The number of hydrogen-bond acceptors (Lipinski definition) is 5. The Kier molecular flexibility index (Phi) is 7.00. The van der Waals surface area contributed by atoms with Crippen LogP contribution in [0.3, 0.4) is 0 Å². The number of aromatic amines is 1. The molecule has 5 aromatic rings. The predicted octanol–water partition coefficient (Wildman–Crippen LogP) is 4.05. The fraction of sp³-hybridized carbons (Fsp3) is 0.200. The molecular weight excluding hydrogens is 494 g/mol. The number of carboxylic acid groups (broad SMARTS) is 1. The zero-order chi connectivity index (χ0) is 27.7. The van der Waals surface area contributed by atoms with Crippen LogP contribution >= 0.6 is 0 Å². The molecule has 39 heavy (non-hydrogen) atoms. The number of carbonyl (C=O) groups excluding carboxylic acids is 1. The maximum absolute atomic E-state index is 13.2. The van der Waals surface area contributed by atoms with Gasteiger partial charge in [0.2, 0.25) is 5.91 Å². The van der Waals surface area contributed by atoms with Crippen LogP contribution in [-0.4, -0.2) is 38.1 Å². The standard InChI is InChI=1S/C28H25N5O2.C2H4O2/c1-17(34)33-10-9-20-12-23-24(13-26(20)33)31-28(35)27(30-23)22-16-32(25-8-3-2-7-21(22)25)15-19-6-4-5-18(11-19)14-29;1-2(3)4/h2-8,11-13,16H,9-10,14-15,29H2,1H3,(H,31,35);1H3,(H,3,4).